The molecular weight excluding hydrogens is 392 g/mol. The Morgan fingerprint density at radius 3 is 2.59 bits per heavy atom. The van der Waals surface area contributed by atoms with Crippen LogP contribution in [0, 0.1) is 11.8 Å². The lowest BCUT2D eigenvalue weighted by atomic mass is 10.0. The molecule has 0 aromatic heterocycles. The molecular formula is C17H22N2O6S2. The number of carbonyl (C=O) groups is 1. The van der Waals surface area contributed by atoms with E-state index in [4.69, 9.17) is 9.94 Å². The van der Waals surface area contributed by atoms with E-state index in [1.165, 1.54) is 43.6 Å². The van der Waals surface area contributed by atoms with E-state index in [0.29, 0.717) is 5.75 Å². The van der Waals surface area contributed by atoms with Crippen molar-refractivity contribution < 1.29 is 27.4 Å². The van der Waals surface area contributed by atoms with Gasteiger partial charge in [0.25, 0.3) is 5.91 Å². The molecule has 27 heavy (non-hydrogen) atoms. The fourth-order valence-corrected chi connectivity index (χ4v) is 6.11. The molecule has 0 radical (unpaired) electrons. The molecule has 10 heteroatoms. The van der Waals surface area contributed by atoms with Crippen molar-refractivity contribution in [3.8, 4) is 17.6 Å². The van der Waals surface area contributed by atoms with Crippen molar-refractivity contribution in [2.24, 2.45) is 0 Å². The fraction of sp³-hybridized carbons (Fsp3) is 0.471. The van der Waals surface area contributed by atoms with Crippen molar-refractivity contribution in [2.45, 2.75) is 36.5 Å². The number of rotatable bonds is 5. The third kappa shape index (κ3) is 4.32. The van der Waals surface area contributed by atoms with Gasteiger partial charge in [0.1, 0.15) is 18.4 Å². The summed E-state index contributed by atoms with van der Waals surface area (Å²) in [5.41, 5.74) is 1.49. The topological polar surface area (TPSA) is 113 Å². The first-order chi connectivity index (χ1) is 12.7. The van der Waals surface area contributed by atoms with Crippen molar-refractivity contribution in [1.29, 1.82) is 0 Å². The van der Waals surface area contributed by atoms with Crippen LogP contribution in [-0.2, 0) is 25.6 Å². The molecule has 2 atom stereocenters. The van der Waals surface area contributed by atoms with Crippen LogP contribution < -0.4 is 10.2 Å². The second kappa shape index (κ2) is 8.39. The minimum atomic E-state index is -4.06. The average Bonchev–Trinajstić information content (AvgIpc) is 2.63. The largest absolute Gasteiger partial charge is 0.481 e. The number of ether oxygens (including phenoxy) is 1. The van der Waals surface area contributed by atoms with Crippen LogP contribution in [0.25, 0.3) is 0 Å². The van der Waals surface area contributed by atoms with Gasteiger partial charge in [0.2, 0.25) is 10.0 Å². The standard InChI is InChI=1S/C17H22N2O6S2/c1-4-5-11-25-13-6-8-14(9-7-13)27(23,24)19-10-12-26(22)17(2,3)15(19)16(20)18-21/h6-9,15,21H,10-12H2,1-3H3,(H,18,20). The number of sulfonamides is 1. The van der Waals surface area contributed by atoms with Gasteiger partial charge in [-0.3, -0.25) is 14.2 Å². The molecule has 2 rings (SSSR count). The zero-order valence-electron chi connectivity index (χ0n) is 15.3. The van der Waals surface area contributed by atoms with Gasteiger partial charge in [-0.1, -0.05) is 5.92 Å². The van der Waals surface area contributed by atoms with E-state index in [-0.39, 0.29) is 23.8 Å². The Morgan fingerprint density at radius 2 is 2.04 bits per heavy atom. The van der Waals surface area contributed by atoms with Gasteiger partial charge in [-0.05, 0) is 45.0 Å². The van der Waals surface area contributed by atoms with Crippen LogP contribution in [-0.4, -0.2) is 57.7 Å². The number of nitrogens with one attached hydrogen (secondary N) is 1. The summed E-state index contributed by atoms with van der Waals surface area (Å²) in [6.07, 6.45) is 0. The Morgan fingerprint density at radius 1 is 1.41 bits per heavy atom. The number of carbonyl (C=O) groups excluding carboxylic acids is 1. The molecule has 0 saturated carbocycles. The van der Waals surface area contributed by atoms with Crippen molar-refractivity contribution in [1.82, 2.24) is 9.79 Å². The summed E-state index contributed by atoms with van der Waals surface area (Å²) < 4.78 is 43.7. The lowest BCUT2D eigenvalue weighted by molar-refractivity contribution is -0.134. The molecule has 1 heterocycles. The van der Waals surface area contributed by atoms with Crippen LogP contribution in [0.5, 0.6) is 5.75 Å². The molecule has 1 aromatic rings. The highest BCUT2D eigenvalue weighted by Gasteiger charge is 2.51. The second-order valence-electron chi connectivity index (χ2n) is 6.33. The average molecular weight is 415 g/mol. The molecule has 0 aliphatic carbocycles. The van der Waals surface area contributed by atoms with E-state index in [9.17, 15) is 17.4 Å². The first kappa shape index (κ1) is 21.4. The van der Waals surface area contributed by atoms with Crippen molar-refractivity contribution in [3.63, 3.8) is 0 Å². The van der Waals surface area contributed by atoms with Crippen molar-refractivity contribution in [3.05, 3.63) is 24.3 Å². The van der Waals surface area contributed by atoms with E-state index in [1.807, 2.05) is 0 Å². The van der Waals surface area contributed by atoms with Gasteiger partial charge in [-0.15, -0.1) is 5.92 Å². The third-order valence-electron chi connectivity index (χ3n) is 4.31. The maximum absolute atomic E-state index is 13.1. The number of hydrogen-bond acceptors (Lipinski definition) is 6. The molecule has 1 aliphatic heterocycles. The second-order valence-corrected chi connectivity index (χ2v) is 10.4. The Bertz CT molecular complexity index is 884. The van der Waals surface area contributed by atoms with Crippen LogP contribution in [0.4, 0.5) is 0 Å². The summed E-state index contributed by atoms with van der Waals surface area (Å²) in [4.78, 5) is 12.2. The number of nitrogens with zero attached hydrogens (tertiary/aromatic N) is 1. The number of benzene rings is 1. The normalized spacial score (nSPS) is 22.4. The summed E-state index contributed by atoms with van der Waals surface area (Å²) in [7, 11) is -5.49. The van der Waals surface area contributed by atoms with Crippen LogP contribution in [0.15, 0.2) is 29.2 Å². The van der Waals surface area contributed by atoms with Crippen LogP contribution in [0.3, 0.4) is 0 Å². The van der Waals surface area contributed by atoms with Crippen molar-refractivity contribution >= 4 is 26.7 Å². The molecule has 2 unspecified atom stereocenters. The Hall–Kier alpha value is -1.93. The highest BCUT2D eigenvalue weighted by atomic mass is 32.2. The Labute approximate surface area is 161 Å². The first-order valence-electron chi connectivity index (χ1n) is 8.13. The van der Waals surface area contributed by atoms with Gasteiger partial charge < -0.3 is 4.74 Å². The van der Waals surface area contributed by atoms with E-state index >= 15 is 0 Å². The molecule has 1 amide bonds. The number of hydrogen-bond donors (Lipinski definition) is 2. The number of hydroxylamine groups is 1. The van der Waals surface area contributed by atoms with Gasteiger partial charge in [0, 0.05) is 23.1 Å². The molecule has 2 N–H and O–H groups in total. The predicted octanol–water partition coefficient (Wildman–Crippen LogP) is 0.494. The molecule has 1 aromatic carbocycles. The minimum absolute atomic E-state index is 0.0318. The van der Waals surface area contributed by atoms with E-state index < -0.39 is 37.5 Å². The maximum atomic E-state index is 13.1. The van der Waals surface area contributed by atoms with Gasteiger partial charge in [-0.25, -0.2) is 13.9 Å². The molecule has 1 saturated heterocycles. The maximum Gasteiger partial charge on any atom is 0.263 e. The lowest BCUT2D eigenvalue weighted by Gasteiger charge is -2.42. The third-order valence-corrected chi connectivity index (χ3v) is 8.14. The predicted molar refractivity (Wildman–Crippen MR) is 100 cm³/mol. The summed E-state index contributed by atoms with van der Waals surface area (Å²) in [5.74, 6) is 5.06. The zero-order valence-corrected chi connectivity index (χ0v) is 16.9. The Balaban J connectivity index is 2.36. The summed E-state index contributed by atoms with van der Waals surface area (Å²) in [6.45, 7) is 4.85. The zero-order chi connectivity index (χ0) is 20.2. The smallest absolute Gasteiger partial charge is 0.263 e. The van der Waals surface area contributed by atoms with Gasteiger partial charge in [-0.2, -0.15) is 4.31 Å². The van der Waals surface area contributed by atoms with E-state index in [0.717, 1.165) is 4.31 Å². The van der Waals surface area contributed by atoms with Gasteiger partial charge >= 0.3 is 0 Å². The van der Waals surface area contributed by atoms with Gasteiger partial charge in [0.15, 0.2) is 0 Å². The van der Waals surface area contributed by atoms with Crippen LogP contribution in [0.2, 0.25) is 0 Å². The van der Waals surface area contributed by atoms with E-state index in [1.54, 1.807) is 6.92 Å². The molecule has 0 bridgehead atoms. The summed E-state index contributed by atoms with van der Waals surface area (Å²) in [6, 6.07) is 4.43. The van der Waals surface area contributed by atoms with Crippen LogP contribution >= 0.6 is 0 Å². The molecule has 8 nitrogen and oxygen atoms in total. The summed E-state index contributed by atoms with van der Waals surface area (Å²) in [5, 5.41) is 9.05. The Kier molecular flexibility index (Phi) is 6.64. The van der Waals surface area contributed by atoms with Crippen molar-refractivity contribution in [2.75, 3.05) is 18.9 Å². The SMILES string of the molecule is CC#CCOc1ccc(S(=O)(=O)N2CCS(=O)C(C)(C)C2C(=O)NO)cc1. The van der Waals surface area contributed by atoms with Crippen LogP contribution in [0.1, 0.15) is 20.8 Å². The number of amides is 1. The minimum Gasteiger partial charge on any atom is -0.481 e. The van der Waals surface area contributed by atoms with E-state index in [2.05, 4.69) is 11.8 Å². The fourth-order valence-electron chi connectivity index (χ4n) is 2.84. The lowest BCUT2D eigenvalue weighted by Crippen LogP contribution is -2.64. The van der Waals surface area contributed by atoms with Gasteiger partial charge in [0.05, 0.1) is 9.64 Å². The molecule has 0 spiro atoms. The highest BCUT2D eigenvalue weighted by Crippen LogP contribution is 2.32. The quantitative estimate of drug-likeness (QED) is 0.412. The summed E-state index contributed by atoms with van der Waals surface area (Å²) >= 11 is 0. The molecule has 148 valence electrons. The highest BCUT2D eigenvalue weighted by molar-refractivity contribution is 7.90. The molecule has 1 aliphatic rings. The molecule has 1 fully saturated rings. The monoisotopic (exact) mass is 414 g/mol. The first-order valence-corrected chi connectivity index (χ1v) is 10.9.